The monoisotopic (exact) mass is 371 g/mol. The Kier molecular flexibility index (Phi) is 4.75. The van der Waals surface area contributed by atoms with Gasteiger partial charge in [0.15, 0.2) is 0 Å². The van der Waals surface area contributed by atoms with Crippen LogP contribution in [0.5, 0.6) is 0 Å². The average molecular weight is 372 g/mol. The van der Waals surface area contributed by atoms with Gasteiger partial charge < -0.3 is 5.32 Å². The van der Waals surface area contributed by atoms with E-state index in [0.717, 1.165) is 21.8 Å². The smallest absolute Gasteiger partial charge is 0.247 e. The lowest BCUT2D eigenvalue weighted by Gasteiger charge is -2.13. The van der Waals surface area contributed by atoms with Gasteiger partial charge >= 0.3 is 0 Å². The number of nitrogens with one attached hydrogen (secondary N) is 1. The van der Waals surface area contributed by atoms with E-state index >= 15 is 0 Å². The number of aromatic nitrogens is 4. The minimum Gasteiger partial charge on any atom is -0.309 e. The van der Waals surface area contributed by atoms with E-state index in [0.29, 0.717) is 5.82 Å². The fraction of sp³-hybridized carbons (Fsp3) is 0.421. The molecule has 0 saturated heterocycles. The third-order valence-corrected chi connectivity index (χ3v) is 5.15. The van der Waals surface area contributed by atoms with Gasteiger partial charge in [-0.3, -0.25) is 14.2 Å². The Bertz CT molecular complexity index is 942. The predicted molar refractivity (Wildman–Crippen MR) is 106 cm³/mol. The van der Waals surface area contributed by atoms with Crippen LogP contribution in [-0.4, -0.2) is 25.5 Å². The lowest BCUT2D eigenvalue weighted by molar-refractivity contribution is -0.116. The number of nitrogens with zero attached hydrogens (tertiary/aromatic N) is 4. The summed E-state index contributed by atoms with van der Waals surface area (Å²) in [7, 11) is 1.83. The third-order valence-electron chi connectivity index (χ3n) is 4.14. The first-order chi connectivity index (χ1) is 12.1. The van der Waals surface area contributed by atoms with Gasteiger partial charge in [0, 0.05) is 29.6 Å². The summed E-state index contributed by atoms with van der Waals surface area (Å²) in [5.41, 5.74) is 2.88. The van der Waals surface area contributed by atoms with Crippen LogP contribution in [0.4, 0.5) is 5.82 Å². The highest BCUT2D eigenvalue weighted by Crippen LogP contribution is 2.28. The molecular weight excluding hydrogens is 346 g/mol. The first kappa shape index (κ1) is 18.4. The zero-order valence-electron chi connectivity index (χ0n) is 16.1. The molecule has 26 heavy (non-hydrogen) atoms. The molecule has 3 aromatic rings. The molecule has 0 aliphatic rings. The zero-order chi connectivity index (χ0) is 19.1. The summed E-state index contributed by atoms with van der Waals surface area (Å²) in [5.74, 6) is 0.572. The van der Waals surface area contributed by atoms with Crippen LogP contribution in [0.15, 0.2) is 24.4 Å². The van der Waals surface area contributed by atoms with Crippen molar-refractivity contribution < 1.29 is 4.79 Å². The zero-order valence-corrected chi connectivity index (χ0v) is 16.9. The van der Waals surface area contributed by atoms with Gasteiger partial charge in [-0.1, -0.05) is 20.8 Å². The summed E-state index contributed by atoms with van der Waals surface area (Å²) in [4.78, 5) is 14.8. The molecule has 1 amide bonds. The molecule has 0 unspecified atom stereocenters. The number of rotatable bonds is 4. The number of anilines is 1. The summed E-state index contributed by atoms with van der Waals surface area (Å²) in [6, 6.07) is 6.08. The molecule has 0 bridgehead atoms. The molecule has 3 rings (SSSR count). The standard InChI is InChI=1S/C19H25N5OS/c1-12-10-24(22-18(12)14-8-7-13(2)26-14)11-17(25)20-16-9-15(19(3,4)5)21-23(16)6/h7-10H,11H2,1-6H3,(H,20,25). The molecule has 3 heterocycles. The fourth-order valence-corrected chi connectivity index (χ4v) is 3.61. The largest absolute Gasteiger partial charge is 0.309 e. The van der Waals surface area contributed by atoms with Gasteiger partial charge in [-0.05, 0) is 31.5 Å². The number of carbonyl (C=O) groups excluding carboxylic acids is 1. The number of amides is 1. The molecule has 6 nitrogen and oxygen atoms in total. The minimum atomic E-state index is -0.120. The van der Waals surface area contributed by atoms with E-state index in [-0.39, 0.29) is 17.9 Å². The Hall–Kier alpha value is -2.41. The van der Waals surface area contributed by atoms with Gasteiger partial charge in [-0.25, -0.2) is 0 Å². The summed E-state index contributed by atoms with van der Waals surface area (Å²) >= 11 is 1.71. The molecule has 0 atom stereocenters. The quantitative estimate of drug-likeness (QED) is 0.756. The van der Waals surface area contributed by atoms with E-state index in [1.165, 1.54) is 4.88 Å². The fourth-order valence-electron chi connectivity index (χ4n) is 2.69. The number of aryl methyl sites for hydroxylation is 3. The normalized spacial score (nSPS) is 11.8. The number of hydrogen-bond acceptors (Lipinski definition) is 4. The molecule has 0 fully saturated rings. The molecule has 0 radical (unpaired) electrons. The van der Waals surface area contributed by atoms with Crippen molar-refractivity contribution in [2.75, 3.05) is 5.32 Å². The minimum absolute atomic E-state index is 0.0619. The lowest BCUT2D eigenvalue weighted by Crippen LogP contribution is -2.20. The van der Waals surface area contributed by atoms with Gasteiger partial charge in [0.25, 0.3) is 0 Å². The highest BCUT2D eigenvalue weighted by molar-refractivity contribution is 7.15. The van der Waals surface area contributed by atoms with Gasteiger partial charge in [-0.2, -0.15) is 10.2 Å². The second kappa shape index (κ2) is 6.72. The van der Waals surface area contributed by atoms with E-state index < -0.39 is 0 Å². The molecule has 0 saturated carbocycles. The summed E-state index contributed by atoms with van der Waals surface area (Å²) < 4.78 is 3.39. The van der Waals surface area contributed by atoms with Crippen LogP contribution in [0.3, 0.4) is 0 Å². The summed E-state index contributed by atoms with van der Waals surface area (Å²) in [6.45, 7) is 10.6. The Morgan fingerprint density at radius 2 is 1.96 bits per heavy atom. The van der Waals surface area contributed by atoms with E-state index in [1.807, 2.05) is 26.2 Å². The van der Waals surface area contributed by atoms with Crippen molar-refractivity contribution >= 4 is 23.1 Å². The molecule has 1 N–H and O–H groups in total. The van der Waals surface area contributed by atoms with Crippen molar-refractivity contribution in [2.45, 2.75) is 46.6 Å². The second-order valence-corrected chi connectivity index (χ2v) is 8.89. The van der Waals surface area contributed by atoms with Crippen LogP contribution in [0, 0.1) is 13.8 Å². The van der Waals surface area contributed by atoms with E-state index in [1.54, 1.807) is 20.7 Å². The van der Waals surface area contributed by atoms with Crippen LogP contribution < -0.4 is 5.32 Å². The van der Waals surface area contributed by atoms with Crippen LogP contribution in [0.2, 0.25) is 0 Å². The van der Waals surface area contributed by atoms with Crippen LogP contribution >= 0.6 is 11.3 Å². The maximum atomic E-state index is 12.4. The number of thiophene rings is 1. The third kappa shape index (κ3) is 3.88. The van der Waals surface area contributed by atoms with Crippen molar-refractivity contribution in [3.8, 4) is 10.6 Å². The average Bonchev–Trinajstić information content (AvgIpc) is 3.19. The van der Waals surface area contributed by atoms with Gasteiger partial charge in [-0.15, -0.1) is 11.3 Å². The second-order valence-electron chi connectivity index (χ2n) is 7.61. The van der Waals surface area contributed by atoms with Crippen LogP contribution in [0.25, 0.3) is 10.6 Å². The van der Waals surface area contributed by atoms with Gasteiger partial charge in [0.1, 0.15) is 18.1 Å². The number of hydrogen-bond donors (Lipinski definition) is 1. The highest BCUT2D eigenvalue weighted by atomic mass is 32.1. The molecule has 0 spiro atoms. The maximum absolute atomic E-state index is 12.4. The van der Waals surface area contributed by atoms with E-state index in [2.05, 4.69) is 55.3 Å². The van der Waals surface area contributed by atoms with E-state index in [4.69, 9.17) is 0 Å². The first-order valence-electron chi connectivity index (χ1n) is 8.59. The maximum Gasteiger partial charge on any atom is 0.247 e. The Labute approximate surface area is 157 Å². The summed E-state index contributed by atoms with van der Waals surface area (Å²) in [5, 5.41) is 12.0. The molecular formula is C19H25N5OS. The Morgan fingerprint density at radius 1 is 1.23 bits per heavy atom. The highest BCUT2D eigenvalue weighted by Gasteiger charge is 2.20. The van der Waals surface area contributed by atoms with Crippen molar-refractivity contribution in [2.24, 2.45) is 7.05 Å². The molecule has 7 heteroatoms. The molecule has 0 aliphatic carbocycles. The number of carbonyl (C=O) groups is 1. The van der Waals surface area contributed by atoms with E-state index in [9.17, 15) is 4.79 Å². The van der Waals surface area contributed by atoms with Crippen molar-refractivity contribution in [3.63, 3.8) is 0 Å². The predicted octanol–water partition coefficient (Wildman–Crippen LogP) is 3.90. The van der Waals surface area contributed by atoms with Crippen molar-refractivity contribution in [1.29, 1.82) is 0 Å². The Balaban J connectivity index is 1.72. The summed E-state index contributed by atoms with van der Waals surface area (Å²) in [6.07, 6.45) is 1.91. The van der Waals surface area contributed by atoms with Crippen LogP contribution in [-0.2, 0) is 23.8 Å². The molecule has 3 aromatic heterocycles. The molecule has 138 valence electrons. The molecule has 0 aliphatic heterocycles. The topological polar surface area (TPSA) is 64.7 Å². The first-order valence-corrected chi connectivity index (χ1v) is 9.40. The lowest BCUT2D eigenvalue weighted by atomic mass is 9.92. The van der Waals surface area contributed by atoms with Crippen LogP contribution in [0.1, 0.15) is 36.9 Å². The van der Waals surface area contributed by atoms with Crippen molar-refractivity contribution in [3.05, 3.63) is 40.5 Å². The van der Waals surface area contributed by atoms with Gasteiger partial charge in [0.05, 0.1) is 10.6 Å². The SMILES string of the molecule is Cc1ccc(-c2nn(CC(=O)Nc3cc(C(C)(C)C)nn3C)cc2C)s1. The Morgan fingerprint density at radius 3 is 2.54 bits per heavy atom. The van der Waals surface area contributed by atoms with Crippen molar-refractivity contribution in [1.82, 2.24) is 19.6 Å². The molecule has 0 aromatic carbocycles. The van der Waals surface area contributed by atoms with Gasteiger partial charge in [0.2, 0.25) is 5.91 Å².